The molecule has 0 fully saturated rings. The summed E-state index contributed by atoms with van der Waals surface area (Å²) in [6, 6.07) is 9.55. The molecule has 0 unspecified atom stereocenters. The first kappa shape index (κ1) is 22.8. The molecule has 168 valence electrons. The molecule has 0 atom stereocenters. The van der Waals surface area contributed by atoms with E-state index >= 15 is 0 Å². The number of H-pyrrole nitrogens is 1. The average Bonchev–Trinajstić information content (AvgIpc) is 3.28. The van der Waals surface area contributed by atoms with Crippen molar-refractivity contribution in [3.8, 4) is 5.69 Å². The van der Waals surface area contributed by atoms with Gasteiger partial charge in [-0.2, -0.15) is 5.10 Å². The van der Waals surface area contributed by atoms with Crippen LogP contribution in [0.4, 0.5) is 5.69 Å². The SMILES string of the molecule is CCc1[nH]c(C(=O)OCC(=O)Nc2c(C)nn(-c3ccccc3)c2C)c(C)c1C(=O)OC. The molecule has 2 aromatic heterocycles. The molecular weight excluding hydrogens is 412 g/mol. The van der Waals surface area contributed by atoms with Crippen LogP contribution in [0.1, 0.15) is 50.4 Å². The summed E-state index contributed by atoms with van der Waals surface area (Å²) in [7, 11) is 1.28. The average molecular weight is 438 g/mol. The number of esters is 2. The molecule has 0 aliphatic heterocycles. The van der Waals surface area contributed by atoms with Crippen LogP contribution in [0, 0.1) is 20.8 Å². The van der Waals surface area contributed by atoms with Crippen molar-refractivity contribution in [2.75, 3.05) is 19.0 Å². The van der Waals surface area contributed by atoms with Crippen molar-refractivity contribution in [3.63, 3.8) is 0 Å². The molecule has 9 nitrogen and oxygen atoms in total. The van der Waals surface area contributed by atoms with Crippen LogP contribution in [0.2, 0.25) is 0 Å². The zero-order chi connectivity index (χ0) is 23.4. The lowest BCUT2D eigenvalue weighted by molar-refractivity contribution is -0.119. The van der Waals surface area contributed by atoms with Gasteiger partial charge in [0, 0.05) is 5.69 Å². The van der Waals surface area contributed by atoms with Crippen LogP contribution >= 0.6 is 0 Å². The number of nitrogens with zero attached hydrogens (tertiary/aromatic N) is 2. The lowest BCUT2D eigenvalue weighted by atomic mass is 10.1. The van der Waals surface area contributed by atoms with E-state index in [-0.39, 0.29) is 5.69 Å². The van der Waals surface area contributed by atoms with Crippen LogP contribution in [-0.2, 0) is 20.7 Å². The van der Waals surface area contributed by atoms with Crippen molar-refractivity contribution in [1.29, 1.82) is 0 Å². The number of amides is 1. The minimum absolute atomic E-state index is 0.124. The third kappa shape index (κ3) is 4.41. The Bertz CT molecular complexity index is 1160. The molecule has 0 saturated heterocycles. The second-order valence-corrected chi connectivity index (χ2v) is 7.24. The van der Waals surface area contributed by atoms with Gasteiger partial charge in [-0.3, -0.25) is 4.79 Å². The van der Waals surface area contributed by atoms with E-state index < -0.39 is 24.5 Å². The summed E-state index contributed by atoms with van der Waals surface area (Å²) in [6.07, 6.45) is 0.503. The normalized spacial score (nSPS) is 10.7. The van der Waals surface area contributed by atoms with E-state index in [0.717, 1.165) is 11.4 Å². The number of carbonyl (C=O) groups excluding carboxylic acids is 3. The van der Waals surface area contributed by atoms with Crippen molar-refractivity contribution >= 4 is 23.5 Å². The van der Waals surface area contributed by atoms with Crippen molar-refractivity contribution in [2.45, 2.75) is 34.1 Å². The van der Waals surface area contributed by atoms with Gasteiger partial charge in [0.25, 0.3) is 5.91 Å². The molecule has 3 rings (SSSR count). The standard InChI is InChI=1S/C23H26N4O5/c1-6-17-19(22(29)31-5)13(2)20(24-17)23(30)32-12-18(28)25-21-14(3)26-27(15(21)4)16-10-8-7-9-11-16/h7-11,24H,6,12H2,1-5H3,(H,25,28). The van der Waals surface area contributed by atoms with Gasteiger partial charge >= 0.3 is 11.9 Å². The molecule has 0 aliphatic carbocycles. The highest BCUT2D eigenvalue weighted by Crippen LogP contribution is 2.23. The molecule has 0 spiro atoms. The maximum absolute atomic E-state index is 12.5. The molecule has 0 radical (unpaired) electrons. The van der Waals surface area contributed by atoms with Gasteiger partial charge in [0.15, 0.2) is 6.61 Å². The summed E-state index contributed by atoms with van der Waals surface area (Å²) in [4.78, 5) is 39.9. The molecule has 2 heterocycles. The van der Waals surface area contributed by atoms with Crippen molar-refractivity contribution in [1.82, 2.24) is 14.8 Å². The van der Waals surface area contributed by atoms with E-state index in [1.807, 2.05) is 44.2 Å². The summed E-state index contributed by atoms with van der Waals surface area (Å²) < 4.78 is 11.7. The van der Waals surface area contributed by atoms with E-state index in [0.29, 0.717) is 34.6 Å². The summed E-state index contributed by atoms with van der Waals surface area (Å²) in [5.41, 5.74) is 4.26. The molecule has 0 aliphatic rings. The Hall–Kier alpha value is -3.88. The van der Waals surface area contributed by atoms with E-state index in [1.165, 1.54) is 7.11 Å². The zero-order valence-electron chi connectivity index (χ0n) is 18.7. The lowest BCUT2D eigenvalue weighted by Gasteiger charge is -2.08. The molecular formula is C23H26N4O5. The number of aryl methyl sites for hydroxylation is 2. The molecule has 1 amide bonds. The monoisotopic (exact) mass is 438 g/mol. The minimum Gasteiger partial charge on any atom is -0.465 e. The Morgan fingerprint density at radius 1 is 1.09 bits per heavy atom. The van der Waals surface area contributed by atoms with Crippen LogP contribution in [-0.4, -0.2) is 46.3 Å². The van der Waals surface area contributed by atoms with Gasteiger partial charge in [-0.1, -0.05) is 25.1 Å². The Kier molecular flexibility index (Phi) is 6.77. The van der Waals surface area contributed by atoms with E-state index in [9.17, 15) is 14.4 Å². The molecule has 0 saturated carbocycles. The van der Waals surface area contributed by atoms with Gasteiger partial charge in [-0.25, -0.2) is 14.3 Å². The number of carbonyl (C=O) groups is 3. The van der Waals surface area contributed by atoms with Gasteiger partial charge < -0.3 is 19.8 Å². The van der Waals surface area contributed by atoms with Crippen LogP contribution in [0.25, 0.3) is 5.69 Å². The molecule has 32 heavy (non-hydrogen) atoms. The quantitative estimate of drug-likeness (QED) is 0.547. The van der Waals surface area contributed by atoms with Gasteiger partial charge in [0.1, 0.15) is 5.69 Å². The molecule has 9 heteroatoms. The smallest absolute Gasteiger partial charge is 0.355 e. The predicted molar refractivity (Wildman–Crippen MR) is 118 cm³/mol. The number of hydrogen-bond donors (Lipinski definition) is 2. The van der Waals surface area contributed by atoms with Crippen LogP contribution in [0.5, 0.6) is 0 Å². The number of methoxy groups -OCH3 is 1. The van der Waals surface area contributed by atoms with Crippen LogP contribution < -0.4 is 5.32 Å². The molecule has 1 aromatic carbocycles. The van der Waals surface area contributed by atoms with Crippen molar-refractivity contribution in [3.05, 3.63) is 64.2 Å². The first-order valence-corrected chi connectivity index (χ1v) is 10.2. The number of benzene rings is 1. The van der Waals surface area contributed by atoms with Crippen molar-refractivity contribution < 1.29 is 23.9 Å². The summed E-state index contributed by atoms with van der Waals surface area (Å²) >= 11 is 0. The Morgan fingerprint density at radius 2 is 1.78 bits per heavy atom. The molecule has 2 N–H and O–H groups in total. The van der Waals surface area contributed by atoms with Gasteiger partial charge in [-0.05, 0) is 44.9 Å². The third-order valence-corrected chi connectivity index (χ3v) is 5.17. The highest BCUT2D eigenvalue weighted by Gasteiger charge is 2.25. The van der Waals surface area contributed by atoms with E-state index in [1.54, 1.807) is 18.5 Å². The third-order valence-electron chi connectivity index (χ3n) is 5.17. The number of ether oxygens (including phenoxy) is 2. The largest absolute Gasteiger partial charge is 0.465 e. The van der Waals surface area contributed by atoms with E-state index in [2.05, 4.69) is 15.4 Å². The Morgan fingerprint density at radius 3 is 2.41 bits per heavy atom. The maximum atomic E-state index is 12.5. The number of rotatable bonds is 7. The Balaban J connectivity index is 1.70. The minimum atomic E-state index is -0.726. The number of para-hydroxylation sites is 1. The Labute approximate surface area is 185 Å². The first-order valence-electron chi connectivity index (χ1n) is 10.2. The fourth-order valence-electron chi connectivity index (χ4n) is 3.53. The van der Waals surface area contributed by atoms with Crippen LogP contribution in [0.3, 0.4) is 0 Å². The topological polar surface area (TPSA) is 115 Å². The summed E-state index contributed by atoms with van der Waals surface area (Å²) in [5.74, 6) is -1.75. The number of nitrogens with one attached hydrogen (secondary N) is 2. The van der Waals surface area contributed by atoms with Crippen LogP contribution in [0.15, 0.2) is 30.3 Å². The second kappa shape index (κ2) is 9.51. The van der Waals surface area contributed by atoms with Gasteiger partial charge in [0.2, 0.25) is 0 Å². The zero-order valence-corrected chi connectivity index (χ0v) is 18.7. The highest BCUT2D eigenvalue weighted by atomic mass is 16.5. The summed E-state index contributed by atoms with van der Waals surface area (Å²) in [5, 5.41) is 7.24. The second-order valence-electron chi connectivity index (χ2n) is 7.24. The fraction of sp³-hybridized carbons (Fsp3) is 0.304. The van der Waals surface area contributed by atoms with Crippen molar-refractivity contribution in [2.24, 2.45) is 0 Å². The first-order chi connectivity index (χ1) is 15.3. The number of hydrogen-bond acceptors (Lipinski definition) is 6. The lowest BCUT2D eigenvalue weighted by Crippen LogP contribution is -2.22. The van der Waals surface area contributed by atoms with Gasteiger partial charge in [0.05, 0.1) is 35.4 Å². The summed E-state index contributed by atoms with van der Waals surface area (Å²) in [6.45, 7) is 6.63. The fourth-order valence-corrected chi connectivity index (χ4v) is 3.53. The van der Waals surface area contributed by atoms with E-state index in [4.69, 9.17) is 9.47 Å². The predicted octanol–water partition coefficient (Wildman–Crippen LogP) is 3.27. The van der Waals surface area contributed by atoms with Gasteiger partial charge in [-0.15, -0.1) is 0 Å². The number of anilines is 1. The molecule has 0 bridgehead atoms. The maximum Gasteiger partial charge on any atom is 0.355 e. The highest BCUT2D eigenvalue weighted by molar-refractivity contribution is 6.00. The molecule has 3 aromatic rings. The number of aromatic nitrogens is 3. The number of aromatic amines is 1.